The van der Waals surface area contributed by atoms with Crippen LogP contribution in [0.25, 0.3) is 0 Å². The SMILES string of the molecule is NCCc1cnc(Oc2ccccc2Br)nc1. The van der Waals surface area contributed by atoms with Gasteiger partial charge in [-0.1, -0.05) is 12.1 Å². The van der Waals surface area contributed by atoms with E-state index in [4.69, 9.17) is 10.5 Å². The number of benzene rings is 1. The molecule has 0 aliphatic heterocycles. The summed E-state index contributed by atoms with van der Waals surface area (Å²) in [5.74, 6) is 0.694. The quantitative estimate of drug-likeness (QED) is 0.941. The van der Waals surface area contributed by atoms with Crippen LogP contribution in [0.4, 0.5) is 0 Å². The molecule has 0 saturated heterocycles. The van der Waals surface area contributed by atoms with E-state index in [1.807, 2.05) is 24.3 Å². The number of halogens is 1. The van der Waals surface area contributed by atoms with Gasteiger partial charge in [-0.2, -0.15) is 0 Å². The van der Waals surface area contributed by atoms with E-state index in [1.165, 1.54) is 0 Å². The Morgan fingerprint density at radius 3 is 2.53 bits per heavy atom. The van der Waals surface area contributed by atoms with Gasteiger partial charge in [0.05, 0.1) is 4.47 Å². The van der Waals surface area contributed by atoms with Crippen molar-refractivity contribution in [2.45, 2.75) is 6.42 Å². The standard InChI is InChI=1S/C12H12BrN3O/c13-10-3-1-2-4-11(10)17-12-15-7-9(5-6-14)8-16-12/h1-4,7-8H,5-6,14H2. The summed E-state index contributed by atoms with van der Waals surface area (Å²) >= 11 is 3.40. The summed E-state index contributed by atoms with van der Waals surface area (Å²) in [6.45, 7) is 0.591. The van der Waals surface area contributed by atoms with E-state index < -0.39 is 0 Å². The van der Waals surface area contributed by atoms with Gasteiger partial charge in [-0.3, -0.25) is 0 Å². The highest BCUT2D eigenvalue weighted by Crippen LogP contribution is 2.27. The molecule has 0 amide bonds. The van der Waals surface area contributed by atoms with E-state index in [-0.39, 0.29) is 0 Å². The van der Waals surface area contributed by atoms with Gasteiger partial charge < -0.3 is 10.5 Å². The number of rotatable bonds is 4. The van der Waals surface area contributed by atoms with E-state index >= 15 is 0 Å². The fraction of sp³-hybridized carbons (Fsp3) is 0.167. The fourth-order valence-corrected chi connectivity index (χ4v) is 1.68. The topological polar surface area (TPSA) is 61.0 Å². The number of hydrogen-bond acceptors (Lipinski definition) is 4. The minimum absolute atomic E-state index is 0.331. The van der Waals surface area contributed by atoms with E-state index in [9.17, 15) is 0 Å². The lowest BCUT2D eigenvalue weighted by Crippen LogP contribution is -2.03. The lowest BCUT2D eigenvalue weighted by atomic mass is 10.2. The Kier molecular flexibility index (Phi) is 4.06. The lowest BCUT2D eigenvalue weighted by molar-refractivity contribution is 0.438. The average molecular weight is 294 g/mol. The highest BCUT2D eigenvalue weighted by atomic mass is 79.9. The summed E-state index contributed by atoms with van der Waals surface area (Å²) in [6, 6.07) is 7.89. The van der Waals surface area contributed by atoms with Crippen LogP contribution in [0.15, 0.2) is 41.1 Å². The molecule has 0 bridgehead atoms. The van der Waals surface area contributed by atoms with Gasteiger partial charge in [-0.15, -0.1) is 0 Å². The zero-order valence-corrected chi connectivity index (χ0v) is 10.7. The zero-order chi connectivity index (χ0) is 12.1. The predicted octanol–water partition coefficient (Wildman–Crippen LogP) is 2.53. The maximum atomic E-state index is 5.54. The summed E-state index contributed by atoms with van der Waals surface area (Å²) in [4.78, 5) is 8.25. The third-order valence-electron chi connectivity index (χ3n) is 2.15. The number of nitrogens with two attached hydrogens (primary N) is 1. The van der Waals surface area contributed by atoms with Crippen LogP contribution in [0.1, 0.15) is 5.56 Å². The zero-order valence-electron chi connectivity index (χ0n) is 9.14. The van der Waals surface area contributed by atoms with E-state index in [1.54, 1.807) is 12.4 Å². The molecule has 0 saturated carbocycles. The molecule has 5 heteroatoms. The van der Waals surface area contributed by atoms with Crippen molar-refractivity contribution in [3.63, 3.8) is 0 Å². The molecule has 2 aromatic rings. The van der Waals surface area contributed by atoms with Crippen molar-refractivity contribution in [3.8, 4) is 11.8 Å². The molecule has 4 nitrogen and oxygen atoms in total. The molecular weight excluding hydrogens is 282 g/mol. The molecule has 2 N–H and O–H groups in total. The van der Waals surface area contributed by atoms with Gasteiger partial charge >= 0.3 is 6.01 Å². The lowest BCUT2D eigenvalue weighted by Gasteiger charge is -2.05. The highest BCUT2D eigenvalue weighted by molar-refractivity contribution is 9.10. The van der Waals surface area contributed by atoms with Crippen LogP contribution in [0, 0.1) is 0 Å². The molecule has 2 rings (SSSR count). The highest BCUT2D eigenvalue weighted by Gasteiger charge is 2.03. The third-order valence-corrected chi connectivity index (χ3v) is 2.81. The molecule has 17 heavy (non-hydrogen) atoms. The molecule has 1 heterocycles. The van der Waals surface area contributed by atoms with Crippen LogP contribution in [0.3, 0.4) is 0 Å². The summed E-state index contributed by atoms with van der Waals surface area (Å²) in [5.41, 5.74) is 6.46. The molecule has 0 unspecified atom stereocenters. The molecular formula is C12H12BrN3O. The van der Waals surface area contributed by atoms with Crippen molar-refractivity contribution >= 4 is 15.9 Å². The molecule has 0 radical (unpaired) electrons. The van der Waals surface area contributed by atoms with Gasteiger partial charge in [0.25, 0.3) is 0 Å². The monoisotopic (exact) mass is 293 g/mol. The summed E-state index contributed by atoms with van der Waals surface area (Å²) in [6.07, 6.45) is 4.23. The van der Waals surface area contributed by atoms with Crippen LogP contribution in [-0.2, 0) is 6.42 Å². The fourth-order valence-electron chi connectivity index (χ4n) is 1.32. The van der Waals surface area contributed by atoms with E-state index in [0.29, 0.717) is 18.3 Å². The Morgan fingerprint density at radius 2 is 1.88 bits per heavy atom. The van der Waals surface area contributed by atoms with Gasteiger partial charge in [-0.25, -0.2) is 9.97 Å². The molecule has 1 aromatic carbocycles. The number of aromatic nitrogens is 2. The Morgan fingerprint density at radius 1 is 1.18 bits per heavy atom. The van der Waals surface area contributed by atoms with Gasteiger partial charge in [0, 0.05) is 12.4 Å². The Hall–Kier alpha value is -1.46. The minimum atomic E-state index is 0.331. The minimum Gasteiger partial charge on any atom is -0.423 e. The van der Waals surface area contributed by atoms with Gasteiger partial charge in [0.2, 0.25) is 0 Å². The molecule has 88 valence electrons. The molecule has 0 aliphatic rings. The maximum Gasteiger partial charge on any atom is 0.321 e. The molecule has 0 aliphatic carbocycles. The van der Waals surface area contributed by atoms with Crippen LogP contribution in [-0.4, -0.2) is 16.5 Å². The maximum absolute atomic E-state index is 5.54. The first-order chi connectivity index (χ1) is 8.29. The van der Waals surface area contributed by atoms with Crippen molar-refractivity contribution < 1.29 is 4.74 Å². The summed E-state index contributed by atoms with van der Waals surface area (Å²) in [5, 5.41) is 0. The number of hydrogen-bond donors (Lipinski definition) is 1. The number of ether oxygens (including phenoxy) is 1. The van der Waals surface area contributed by atoms with Gasteiger partial charge in [-0.05, 0) is 46.6 Å². The Balaban J connectivity index is 2.11. The second-order valence-electron chi connectivity index (χ2n) is 3.45. The number of nitrogens with zero attached hydrogens (tertiary/aromatic N) is 2. The largest absolute Gasteiger partial charge is 0.423 e. The second kappa shape index (κ2) is 5.75. The van der Waals surface area contributed by atoms with Crippen molar-refractivity contribution in [1.29, 1.82) is 0 Å². The van der Waals surface area contributed by atoms with Crippen molar-refractivity contribution in [2.24, 2.45) is 5.73 Å². The van der Waals surface area contributed by atoms with Crippen molar-refractivity contribution in [1.82, 2.24) is 9.97 Å². The Bertz CT molecular complexity index is 487. The normalized spacial score (nSPS) is 10.2. The summed E-state index contributed by atoms with van der Waals surface area (Å²) < 4.78 is 6.41. The summed E-state index contributed by atoms with van der Waals surface area (Å²) in [7, 11) is 0. The molecule has 1 aromatic heterocycles. The first-order valence-electron chi connectivity index (χ1n) is 5.23. The van der Waals surface area contributed by atoms with Crippen LogP contribution in [0.5, 0.6) is 11.8 Å². The van der Waals surface area contributed by atoms with Gasteiger partial charge in [0.15, 0.2) is 0 Å². The van der Waals surface area contributed by atoms with Crippen LogP contribution >= 0.6 is 15.9 Å². The predicted molar refractivity (Wildman–Crippen MR) is 69.0 cm³/mol. The third kappa shape index (κ3) is 3.25. The van der Waals surface area contributed by atoms with Crippen LogP contribution in [0.2, 0.25) is 0 Å². The van der Waals surface area contributed by atoms with Crippen molar-refractivity contribution in [2.75, 3.05) is 6.54 Å². The Labute approximate surface area is 108 Å². The molecule has 0 atom stereocenters. The van der Waals surface area contributed by atoms with E-state index in [2.05, 4.69) is 25.9 Å². The molecule has 0 fully saturated rings. The first-order valence-corrected chi connectivity index (χ1v) is 6.02. The molecule has 0 spiro atoms. The number of para-hydroxylation sites is 1. The average Bonchev–Trinajstić information content (AvgIpc) is 2.35. The smallest absolute Gasteiger partial charge is 0.321 e. The second-order valence-corrected chi connectivity index (χ2v) is 4.30. The van der Waals surface area contributed by atoms with Crippen molar-refractivity contribution in [3.05, 3.63) is 46.7 Å². The van der Waals surface area contributed by atoms with Crippen LogP contribution < -0.4 is 10.5 Å². The first kappa shape index (κ1) is 12.0. The van der Waals surface area contributed by atoms with Gasteiger partial charge in [0.1, 0.15) is 5.75 Å². The van der Waals surface area contributed by atoms with E-state index in [0.717, 1.165) is 16.5 Å².